The molecular weight excluding hydrogens is 639 g/mol. The zero-order valence-corrected chi connectivity index (χ0v) is 27.9. The molecule has 0 fully saturated rings. The summed E-state index contributed by atoms with van der Waals surface area (Å²) in [5.41, 5.74) is 10.9. The van der Waals surface area contributed by atoms with Crippen LogP contribution >= 0.6 is 0 Å². The lowest BCUT2D eigenvalue weighted by Gasteiger charge is -2.26. The van der Waals surface area contributed by atoms with Gasteiger partial charge in [0.25, 0.3) is 0 Å². The molecule has 244 valence electrons. The fourth-order valence-corrected chi connectivity index (χ4v) is 7.80. The highest BCUT2D eigenvalue weighted by Gasteiger charge is 2.19. The molecule has 0 saturated carbocycles. The largest absolute Gasteiger partial charge is 0.456 e. The third kappa shape index (κ3) is 4.39. The van der Waals surface area contributed by atoms with Gasteiger partial charge in [-0.05, 0) is 102 Å². The first-order valence-corrected chi connectivity index (χ1v) is 17.5. The Kier molecular flexibility index (Phi) is 6.18. The summed E-state index contributed by atoms with van der Waals surface area (Å²) in [6, 6.07) is 61.6. The maximum absolute atomic E-state index is 6.39. The third-order valence-electron chi connectivity index (χ3n) is 10.2. The molecule has 0 unspecified atom stereocenters. The molecule has 0 atom stereocenters. The van der Waals surface area contributed by atoms with Gasteiger partial charge in [0.05, 0.1) is 11.0 Å². The topological polar surface area (TPSA) is 47.3 Å². The molecule has 0 spiro atoms. The van der Waals surface area contributed by atoms with Crippen LogP contribution in [0.5, 0.6) is 0 Å². The summed E-state index contributed by atoms with van der Waals surface area (Å²) >= 11 is 0. The van der Waals surface area contributed by atoms with Gasteiger partial charge in [-0.25, -0.2) is 4.98 Å². The number of anilines is 3. The van der Waals surface area contributed by atoms with Crippen molar-refractivity contribution >= 4 is 82.7 Å². The minimum Gasteiger partial charge on any atom is -0.456 e. The summed E-state index contributed by atoms with van der Waals surface area (Å²) in [5.74, 6) is 0.623. The Hall–Kier alpha value is -7.11. The van der Waals surface area contributed by atoms with Gasteiger partial charge < -0.3 is 18.3 Å². The van der Waals surface area contributed by atoms with Gasteiger partial charge in [0.15, 0.2) is 5.58 Å². The van der Waals surface area contributed by atoms with Crippen LogP contribution < -0.4 is 4.90 Å². The van der Waals surface area contributed by atoms with Crippen molar-refractivity contribution < 1.29 is 8.83 Å². The average molecular weight is 668 g/mol. The van der Waals surface area contributed by atoms with Gasteiger partial charge in [0.2, 0.25) is 5.89 Å². The number of rotatable bonds is 5. The van der Waals surface area contributed by atoms with Crippen molar-refractivity contribution in [2.45, 2.75) is 0 Å². The minimum atomic E-state index is 0.623. The zero-order valence-electron chi connectivity index (χ0n) is 27.9. The summed E-state index contributed by atoms with van der Waals surface area (Å²) in [4.78, 5) is 7.13. The molecule has 0 aliphatic carbocycles. The Morgan fingerprint density at radius 1 is 0.442 bits per heavy atom. The summed E-state index contributed by atoms with van der Waals surface area (Å²) < 4.78 is 15.0. The van der Waals surface area contributed by atoms with Crippen molar-refractivity contribution in [3.8, 4) is 17.1 Å². The van der Waals surface area contributed by atoms with Gasteiger partial charge in [0.1, 0.15) is 16.7 Å². The SMILES string of the molecule is c1ccc(-c2nc3ccc4cc(N(c5ccc(-n6c7ccccc7c7ccccc76)cc5)c5ccc6oc7ccccc7c6c5)ccc4c3o2)cc1. The molecule has 0 saturated heterocycles. The second kappa shape index (κ2) is 11.2. The monoisotopic (exact) mass is 667 g/mol. The second-order valence-electron chi connectivity index (χ2n) is 13.2. The Bertz CT molecular complexity index is 3080. The molecule has 5 heteroatoms. The van der Waals surface area contributed by atoms with E-state index in [9.17, 15) is 0 Å². The molecule has 52 heavy (non-hydrogen) atoms. The second-order valence-corrected chi connectivity index (χ2v) is 13.2. The number of fused-ring (bicyclic) bond motifs is 9. The van der Waals surface area contributed by atoms with Crippen LogP contribution in [-0.4, -0.2) is 9.55 Å². The molecule has 0 aliphatic rings. The van der Waals surface area contributed by atoms with Crippen LogP contribution in [0.4, 0.5) is 17.1 Å². The van der Waals surface area contributed by atoms with Crippen molar-refractivity contribution in [2.75, 3.05) is 4.90 Å². The van der Waals surface area contributed by atoms with Crippen LogP contribution in [0.1, 0.15) is 0 Å². The van der Waals surface area contributed by atoms with Crippen molar-refractivity contribution in [3.05, 3.63) is 176 Å². The summed E-state index contributed by atoms with van der Waals surface area (Å²) in [6.07, 6.45) is 0. The molecular formula is C47H29N3O2. The van der Waals surface area contributed by atoms with E-state index >= 15 is 0 Å². The van der Waals surface area contributed by atoms with E-state index in [2.05, 4.69) is 137 Å². The zero-order chi connectivity index (χ0) is 34.2. The van der Waals surface area contributed by atoms with Gasteiger partial charge >= 0.3 is 0 Å². The molecule has 0 N–H and O–H groups in total. The van der Waals surface area contributed by atoms with E-state index in [1.54, 1.807) is 0 Å². The third-order valence-corrected chi connectivity index (χ3v) is 10.2. The maximum atomic E-state index is 6.39. The standard InChI is InChI=1S/C47H29N3O2/c1-2-10-30(11-3-1)47-48-41-26-18-31-28-34(23-25-36(31)46(41)52-47)49(35-24-27-45-40(29-35)39-14-6-9-17-44(39)51-45)32-19-21-33(22-20-32)50-42-15-7-4-12-37(42)38-13-5-8-16-43(38)50/h1-29H. The maximum Gasteiger partial charge on any atom is 0.227 e. The number of para-hydroxylation sites is 3. The molecule has 0 amide bonds. The van der Waals surface area contributed by atoms with E-state index in [1.807, 2.05) is 48.5 Å². The van der Waals surface area contributed by atoms with Crippen LogP contribution in [0.15, 0.2) is 185 Å². The molecule has 11 aromatic rings. The van der Waals surface area contributed by atoms with Crippen LogP contribution in [0.2, 0.25) is 0 Å². The van der Waals surface area contributed by atoms with Crippen LogP contribution in [0.3, 0.4) is 0 Å². The van der Waals surface area contributed by atoms with Gasteiger partial charge in [0, 0.05) is 55.2 Å². The van der Waals surface area contributed by atoms with E-state index in [-0.39, 0.29) is 0 Å². The molecule has 11 rings (SSSR count). The van der Waals surface area contributed by atoms with E-state index in [0.29, 0.717) is 5.89 Å². The first-order chi connectivity index (χ1) is 25.8. The Morgan fingerprint density at radius 2 is 1.08 bits per heavy atom. The first-order valence-electron chi connectivity index (χ1n) is 17.5. The first kappa shape index (κ1) is 28.7. The van der Waals surface area contributed by atoms with Gasteiger partial charge in [-0.15, -0.1) is 0 Å². The van der Waals surface area contributed by atoms with Gasteiger partial charge in [-0.2, -0.15) is 0 Å². The predicted octanol–water partition coefficient (Wildman–Crippen LogP) is 13.1. The molecule has 0 aliphatic heterocycles. The smallest absolute Gasteiger partial charge is 0.227 e. The lowest BCUT2D eigenvalue weighted by Crippen LogP contribution is -2.10. The van der Waals surface area contributed by atoms with Crippen LogP contribution in [-0.2, 0) is 0 Å². The fourth-order valence-electron chi connectivity index (χ4n) is 7.80. The molecule has 0 radical (unpaired) electrons. The van der Waals surface area contributed by atoms with Crippen LogP contribution in [0.25, 0.3) is 82.8 Å². The van der Waals surface area contributed by atoms with Crippen molar-refractivity contribution in [1.82, 2.24) is 9.55 Å². The summed E-state index contributed by atoms with van der Waals surface area (Å²) in [7, 11) is 0. The fraction of sp³-hybridized carbons (Fsp3) is 0. The van der Waals surface area contributed by atoms with E-state index < -0.39 is 0 Å². The summed E-state index contributed by atoms with van der Waals surface area (Å²) in [6.45, 7) is 0. The lowest BCUT2D eigenvalue weighted by atomic mass is 10.1. The highest BCUT2D eigenvalue weighted by atomic mass is 16.3. The quantitative estimate of drug-likeness (QED) is 0.183. The number of hydrogen-bond donors (Lipinski definition) is 0. The van der Waals surface area contributed by atoms with E-state index in [0.717, 1.165) is 72.1 Å². The van der Waals surface area contributed by atoms with Gasteiger partial charge in [-0.3, -0.25) is 0 Å². The minimum absolute atomic E-state index is 0.623. The van der Waals surface area contributed by atoms with Crippen molar-refractivity contribution in [2.24, 2.45) is 0 Å². The van der Waals surface area contributed by atoms with Gasteiger partial charge in [-0.1, -0.05) is 78.9 Å². The number of benzene rings is 8. The molecule has 3 aromatic heterocycles. The lowest BCUT2D eigenvalue weighted by molar-refractivity contribution is 0.623. The number of oxazole rings is 1. The van der Waals surface area contributed by atoms with E-state index in [4.69, 9.17) is 13.8 Å². The predicted molar refractivity (Wildman–Crippen MR) is 213 cm³/mol. The molecule has 0 bridgehead atoms. The normalized spacial score (nSPS) is 11.8. The number of aromatic nitrogens is 2. The van der Waals surface area contributed by atoms with Crippen molar-refractivity contribution in [3.63, 3.8) is 0 Å². The van der Waals surface area contributed by atoms with E-state index in [1.165, 1.54) is 21.8 Å². The Morgan fingerprint density at radius 3 is 1.87 bits per heavy atom. The highest BCUT2D eigenvalue weighted by Crippen LogP contribution is 2.41. The van der Waals surface area contributed by atoms with Crippen LogP contribution in [0, 0.1) is 0 Å². The molecule has 5 nitrogen and oxygen atoms in total. The van der Waals surface area contributed by atoms with Crippen molar-refractivity contribution in [1.29, 1.82) is 0 Å². The summed E-state index contributed by atoms with van der Waals surface area (Å²) in [5, 5.41) is 6.77. The Balaban J connectivity index is 1.08. The molecule has 3 heterocycles. The Labute approximate surface area is 298 Å². The molecule has 8 aromatic carbocycles. The highest BCUT2D eigenvalue weighted by molar-refractivity contribution is 6.10. The average Bonchev–Trinajstić information content (AvgIpc) is 3.91. The number of furan rings is 1. The number of nitrogens with zero attached hydrogens (tertiary/aromatic N) is 3. The number of hydrogen-bond acceptors (Lipinski definition) is 4.